The van der Waals surface area contributed by atoms with Crippen LogP contribution in [0.1, 0.15) is 176 Å². The molecule has 1 aliphatic heterocycles. The number of carboxylic acids is 1. The van der Waals surface area contributed by atoms with E-state index in [9.17, 15) is 44.1 Å². The lowest BCUT2D eigenvalue weighted by Crippen LogP contribution is -2.82. The maximum atomic E-state index is 15.8. The number of aliphatic carboxylic acids is 1. The van der Waals surface area contributed by atoms with E-state index in [1.807, 2.05) is 0 Å². The van der Waals surface area contributed by atoms with Gasteiger partial charge in [0.25, 0.3) is 0 Å². The van der Waals surface area contributed by atoms with Gasteiger partial charge in [-0.05, 0) is 82.3 Å². The normalized spacial score (nSPS) is 34.1. The summed E-state index contributed by atoms with van der Waals surface area (Å²) in [5.41, 5.74) is -7.55. The molecule has 4 N–H and O–H groups in total. The molecule has 0 aromatic carbocycles. The molecule has 18 heteroatoms. The number of Topliss-reactive ketones (excluding diaryl/α,β-unsaturated/α-hetero) is 1. The van der Waals surface area contributed by atoms with Gasteiger partial charge in [-0.3, -0.25) is 33.6 Å². The monoisotopic (exact) mass is 1000 g/mol. The summed E-state index contributed by atoms with van der Waals surface area (Å²) in [5.74, 6) is -9.05. The van der Waals surface area contributed by atoms with E-state index in [0.717, 1.165) is 64.7 Å². The van der Waals surface area contributed by atoms with Gasteiger partial charge in [-0.1, -0.05) is 71.6 Å². The van der Waals surface area contributed by atoms with Crippen LogP contribution < -0.4 is 5.32 Å². The highest BCUT2D eigenvalue weighted by molar-refractivity contribution is 5.95. The van der Waals surface area contributed by atoms with Crippen molar-refractivity contribution in [3.63, 3.8) is 0 Å². The van der Waals surface area contributed by atoms with Crippen molar-refractivity contribution in [3.05, 3.63) is 11.1 Å². The van der Waals surface area contributed by atoms with Crippen LogP contribution in [0.25, 0.3) is 0 Å². The summed E-state index contributed by atoms with van der Waals surface area (Å²) in [6, 6.07) is -1.04. The number of unbranched alkanes of at least 4 members (excludes halogenated alkanes) is 1. The molecule has 71 heavy (non-hydrogen) atoms. The Morgan fingerprint density at radius 3 is 1.94 bits per heavy atom. The van der Waals surface area contributed by atoms with E-state index in [1.165, 1.54) is 13.8 Å². The summed E-state index contributed by atoms with van der Waals surface area (Å²) in [5, 5.41) is 38.6. The molecule has 7 aliphatic rings. The maximum absolute atomic E-state index is 15.8. The van der Waals surface area contributed by atoms with Crippen LogP contribution in [-0.4, -0.2) is 123 Å². The minimum Gasteiger partial charge on any atom is -0.481 e. The zero-order valence-corrected chi connectivity index (χ0v) is 42.5. The number of ether oxygens (including phenoxy) is 6. The summed E-state index contributed by atoms with van der Waals surface area (Å²) < 4.78 is 37.3. The molecular weight excluding hydrogens is 923 g/mol. The number of hydrogen-bond acceptors (Lipinski definition) is 16. The Morgan fingerprint density at radius 1 is 0.789 bits per heavy atom. The number of fused-ring (bicyclic) bond motifs is 5. The first kappa shape index (κ1) is 54.4. The summed E-state index contributed by atoms with van der Waals surface area (Å²) >= 11 is 0. The number of aliphatic hydroxyl groups excluding tert-OH is 1. The second-order valence-electron chi connectivity index (χ2n) is 22.5. The van der Waals surface area contributed by atoms with Crippen molar-refractivity contribution in [3.8, 4) is 0 Å². The van der Waals surface area contributed by atoms with Crippen molar-refractivity contribution < 1.29 is 82.1 Å². The van der Waals surface area contributed by atoms with Gasteiger partial charge in [0.15, 0.2) is 17.5 Å². The summed E-state index contributed by atoms with van der Waals surface area (Å²) in [4.78, 5) is 111. The van der Waals surface area contributed by atoms with E-state index in [-0.39, 0.29) is 67.6 Å². The van der Waals surface area contributed by atoms with Crippen LogP contribution in [0.15, 0.2) is 11.1 Å². The van der Waals surface area contributed by atoms with Crippen molar-refractivity contribution in [1.29, 1.82) is 0 Å². The number of aliphatic hydroxyl groups is 2. The minimum atomic E-state index is -2.36. The van der Waals surface area contributed by atoms with Gasteiger partial charge in [0.1, 0.15) is 23.9 Å². The van der Waals surface area contributed by atoms with Gasteiger partial charge in [0, 0.05) is 50.9 Å². The Morgan fingerprint density at radius 2 is 1.38 bits per heavy atom. The predicted molar refractivity (Wildman–Crippen MR) is 250 cm³/mol. The predicted octanol–water partition coefficient (Wildman–Crippen LogP) is 5.67. The minimum absolute atomic E-state index is 0.0322. The Labute approximate surface area is 416 Å². The molecule has 2 bridgehead atoms. The molecule has 1 saturated heterocycles. The number of ketones is 1. The fraction of sp³-hybridized carbons (Fsp3) is 0.811. The van der Waals surface area contributed by atoms with Crippen molar-refractivity contribution >= 4 is 47.5 Å². The zero-order chi connectivity index (χ0) is 51.6. The zero-order valence-electron chi connectivity index (χ0n) is 42.5. The molecule has 7 rings (SSSR count). The SMILES string of the molecule is CC(=O)O[C@H]1C(=O)[C@@]2(C)C([C@H](OC(=O)C3CCCCC3)[C@]3(O)C[C@H](OC(=O)[C@H](OC(=O)CCCCC(=O)O)[C@@H](NC(=O)C4CCCCC4)C4CCCCC4)C(C)=C1C3(C)C)[C@]1(OC(C)=O)CO[C@@H]1C[C@@H]2O. The lowest BCUT2D eigenvalue weighted by Gasteiger charge is -2.67. The van der Waals surface area contributed by atoms with Gasteiger partial charge in [-0.25, -0.2) is 4.79 Å². The molecule has 5 saturated carbocycles. The maximum Gasteiger partial charge on any atom is 0.350 e. The van der Waals surface area contributed by atoms with Crippen LogP contribution in [0.2, 0.25) is 0 Å². The first-order valence-electron chi connectivity index (χ1n) is 26.3. The molecule has 1 heterocycles. The molecule has 0 spiro atoms. The molecule has 6 aliphatic carbocycles. The third kappa shape index (κ3) is 10.7. The number of amides is 1. The van der Waals surface area contributed by atoms with Crippen LogP contribution in [-0.2, 0) is 66.8 Å². The third-order valence-electron chi connectivity index (χ3n) is 17.7. The molecular formula is C53H77NO17. The van der Waals surface area contributed by atoms with Gasteiger partial charge in [0.2, 0.25) is 12.0 Å². The first-order chi connectivity index (χ1) is 33.6. The van der Waals surface area contributed by atoms with E-state index in [2.05, 4.69) is 5.32 Å². The molecule has 0 aromatic rings. The fourth-order valence-corrected chi connectivity index (χ4v) is 13.6. The molecule has 0 aromatic heterocycles. The highest BCUT2D eigenvalue weighted by atomic mass is 16.6. The van der Waals surface area contributed by atoms with Crippen molar-refractivity contribution in [2.45, 2.75) is 230 Å². The Balaban J connectivity index is 1.37. The number of carbonyl (C=O) groups excluding carboxylic acids is 7. The number of rotatable bonds is 16. The van der Waals surface area contributed by atoms with E-state index in [0.29, 0.717) is 38.5 Å². The smallest absolute Gasteiger partial charge is 0.350 e. The van der Waals surface area contributed by atoms with Gasteiger partial charge < -0.3 is 49.1 Å². The summed E-state index contributed by atoms with van der Waals surface area (Å²) in [6.07, 6.45) is 1.04. The van der Waals surface area contributed by atoms with E-state index in [4.69, 9.17) is 28.4 Å². The lowest BCUT2D eigenvalue weighted by atomic mass is 9.44. The van der Waals surface area contributed by atoms with Gasteiger partial charge in [-0.2, -0.15) is 0 Å². The molecule has 0 radical (unpaired) electrons. The average molecular weight is 1000 g/mol. The Bertz CT molecular complexity index is 2080. The molecule has 396 valence electrons. The largest absolute Gasteiger partial charge is 0.481 e. The van der Waals surface area contributed by atoms with Gasteiger partial charge in [0.05, 0.1) is 36.0 Å². The topological polar surface area (TPSA) is 265 Å². The second kappa shape index (κ2) is 22.0. The molecule has 18 nitrogen and oxygen atoms in total. The fourth-order valence-electron chi connectivity index (χ4n) is 13.6. The van der Waals surface area contributed by atoms with E-state index in [1.54, 1.807) is 20.8 Å². The average Bonchev–Trinajstić information content (AvgIpc) is 3.32. The molecule has 11 atom stereocenters. The number of nitrogens with one attached hydrogen (secondary N) is 1. The molecule has 6 fully saturated rings. The standard InChI is InChI=1S/C53H77NO17/c1-29-35(68-49(64)43(69-39(60)25-17-16-24-38(58)59)41(32-18-10-7-11-19-32)54-47(62)33-20-12-8-13-21-33)27-53(65)46(70-48(63)34-22-14-9-15-23-34)44-51(6,36(57)26-37-52(44,28-66-37)71-31(3)56)45(61)42(67-30(2)55)40(29)50(53,4)5/h32-37,41-44,46,57,65H,7-28H2,1-6H3,(H,54,62)(H,58,59)/t35-,36-,37+,41-,42+,43+,44?,46-,51+,52-,53+/m0/s1. The Hall–Kier alpha value is -4.42. The molecule has 1 amide bonds. The highest BCUT2D eigenvalue weighted by Gasteiger charge is 2.78. The van der Waals surface area contributed by atoms with Crippen molar-refractivity contribution in [2.24, 2.45) is 34.5 Å². The van der Waals surface area contributed by atoms with Crippen LogP contribution in [0.3, 0.4) is 0 Å². The third-order valence-corrected chi connectivity index (χ3v) is 17.7. The van der Waals surface area contributed by atoms with Crippen LogP contribution in [0, 0.1) is 34.5 Å². The quantitative estimate of drug-likeness (QED) is 0.0628. The molecule has 1 unspecified atom stereocenters. The van der Waals surface area contributed by atoms with Gasteiger partial charge in [-0.15, -0.1) is 0 Å². The van der Waals surface area contributed by atoms with Crippen LogP contribution >= 0.6 is 0 Å². The number of hydrogen-bond donors (Lipinski definition) is 4. The first-order valence-corrected chi connectivity index (χ1v) is 26.3. The van der Waals surface area contributed by atoms with Crippen molar-refractivity contribution in [2.75, 3.05) is 6.61 Å². The second-order valence-corrected chi connectivity index (χ2v) is 22.5. The summed E-state index contributed by atoms with van der Waals surface area (Å²) in [7, 11) is 0. The van der Waals surface area contributed by atoms with E-state index >= 15 is 9.59 Å². The summed E-state index contributed by atoms with van der Waals surface area (Å²) in [6.45, 7) is 8.24. The number of carbonyl (C=O) groups is 8. The van der Waals surface area contributed by atoms with Gasteiger partial charge >= 0.3 is 35.8 Å². The highest BCUT2D eigenvalue weighted by Crippen LogP contribution is 2.64. The van der Waals surface area contributed by atoms with Crippen molar-refractivity contribution in [1.82, 2.24) is 5.32 Å². The van der Waals surface area contributed by atoms with Crippen LogP contribution in [0.5, 0.6) is 0 Å². The Kier molecular flexibility index (Phi) is 16.8. The number of carboxylic acid groups (broad SMARTS) is 1. The lowest BCUT2D eigenvalue weighted by molar-refractivity contribution is -0.347. The van der Waals surface area contributed by atoms with Crippen LogP contribution in [0.4, 0.5) is 0 Å². The number of esters is 5. The van der Waals surface area contributed by atoms with E-state index < -0.39 is 125 Å².